The van der Waals surface area contributed by atoms with Crippen LogP contribution >= 0.6 is 0 Å². The molecule has 0 saturated carbocycles. The molecule has 0 aliphatic carbocycles. The molecule has 30 heavy (non-hydrogen) atoms. The lowest BCUT2D eigenvalue weighted by Crippen LogP contribution is -2.45. The molecule has 1 aromatic carbocycles. The average molecular weight is 409 g/mol. The Morgan fingerprint density at radius 1 is 1.17 bits per heavy atom. The predicted molar refractivity (Wildman–Crippen MR) is 114 cm³/mol. The molecule has 1 spiro atoms. The average Bonchev–Trinajstić information content (AvgIpc) is 3.27. The molecule has 2 fully saturated rings. The quantitative estimate of drug-likeness (QED) is 0.783. The van der Waals surface area contributed by atoms with Crippen molar-refractivity contribution in [3.8, 4) is 11.4 Å². The van der Waals surface area contributed by atoms with E-state index in [4.69, 9.17) is 0 Å². The summed E-state index contributed by atoms with van der Waals surface area (Å²) >= 11 is 0. The Morgan fingerprint density at radius 3 is 2.57 bits per heavy atom. The zero-order valence-corrected chi connectivity index (χ0v) is 17.8. The van der Waals surface area contributed by atoms with E-state index in [1.807, 2.05) is 26.0 Å². The molecule has 3 heterocycles. The Morgan fingerprint density at radius 2 is 1.87 bits per heavy atom. The van der Waals surface area contributed by atoms with Gasteiger partial charge in [-0.3, -0.25) is 20.0 Å². The van der Waals surface area contributed by atoms with Crippen LogP contribution in [0.25, 0.3) is 17.6 Å². The van der Waals surface area contributed by atoms with E-state index in [0.717, 1.165) is 42.6 Å². The highest BCUT2D eigenvalue weighted by Crippen LogP contribution is 2.40. The predicted octanol–water partition coefficient (Wildman–Crippen LogP) is 2.01. The number of carbonyl (C=O) groups excluding carboxylic acids is 2. The number of carbonyl (C=O) groups is 2. The van der Waals surface area contributed by atoms with Crippen molar-refractivity contribution < 1.29 is 9.59 Å². The van der Waals surface area contributed by atoms with Gasteiger partial charge < -0.3 is 4.90 Å². The third-order valence-electron chi connectivity index (χ3n) is 5.98. The maximum atomic E-state index is 12.4. The number of rotatable bonds is 4. The maximum Gasteiger partial charge on any atom is 0.264 e. The van der Waals surface area contributed by atoms with Crippen molar-refractivity contribution in [2.24, 2.45) is 5.41 Å². The number of aromatic nitrogens is 3. The first kappa shape index (κ1) is 20.3. The number of nitrogens with one attached hydrogen (secondary N) is 1. The summed E-state index contributed by atoms with van der Waals surface area (Å²) in [5, 5.41) is 5.88. The van der Waals surface area contributed by atoms with E-state index < -0.39 is 0 Å². The summed E-state index contributed by atoms with van der Waals surface area (Å²) in [5.74, 6) is 0.238. The van der Waals surface area contributed by atoms with Gasteiger partial charge in [0.25, 0.3) is 5.91 Å². The van der Waals surface area contributed by atoms with Crippen LogP contribution in [0.3, 0.4) is 0 Å². The molecule has 2 aliphatic heterocycles. The number of hydrogen-bond donors (Lipinski definition) is 1. The molecule has 0 bridgehead atoms. The Hall–Kier alpha value is -3.00. The number of benzene rings is 1. The number of aryl methyl sites for hydroxylation is 2. The molecule has 1 aromatic heterocycles. The standard InChI is InChI=1S/C22H28N6O2/c1-16-10-17(2)12-18(11-16)21-23-15-27(25-21)7-4-19(29)24-28-14-22(13-20(28)30)5-8-26(3)9-6-22/h4,7,10-12,15H,5-6,8-9,13-14H2,1-3H3,(H,24,29)/b7-4-. The molecular weight excluding hydrogens is 380 g/mol. The van der Waals surface area contributed by atoms with Gasteiger partial charge in [-0.1, -0.05) is 17.2 Å². The van der Waals surface area contributed by atoms with Crippen molar-refractivity contribution in [1.29, 1.82) is 0 Å². The monoisotopic (exact) mass is 408 g/mol. The topological polar surface area (TPSA) is 83.4 Å². The van der Waals surface area contributed by atoms with Gasteiger partial charge in [0.2, 0.25) is 5.91 Å². The smallest absolute Gasteiger partial charge is 0.264 e. The number of nitrogens with zero attached hydrogens (tertiary/aromatic N) is 5. The molecule has 4 rings (SSSR count). The fourth-order valence-electron chi connectivity index (χ4n) is 4.32. The van der Waals surface area contributed by atoms with Crippen LogP contribution < -0.4 is 5.43 Å². The van der Waals surface area contributed by atoms with Gasteiger partial charge in [-0.2, -0.15) is 0 Å². The highest BCUT2D eigenvalue weighted by Gasteiger charge is 2.44. The second kappa shape index (κ2) is 8.02. The number of hydrogen-bond acceptors (Lipinski definition) is 5. The second-order valence-electron chi connectivity index (χ2n) is 8.68. The van der Waals surface area contributed by atoms with Crippen LogP contribution in [-0.2, 0) is 9.59 Å². The van der Waals surface area contributed by atoms with Gasteiger partial charge in [-0.25, -0.2) is 9.67 Å². The molecule has 0 radical (unpaired) electrons. The molecule has 2 aliphatic rings. The molecule has 8 nitrogen and oxygen atoms in total. The molecular formula is C22H28N6O2. The van der Waals surface area contributed by atoms with E-state index in [1.165, 1.54) is 15.8 Å². The van der Waals surface area contributed by atoms with Crippen molar-refractivity contribution in [2.45, 2.75) is 33.1 Å². The van der Waals surface area contributed by atoms with E-state index >= 15 is 0 Å². The van der Waals surface area contributed by atoms with E-state index in [2.05, 4.69) is 33.5 Å². The zero-order chi connectivity index (χ0) is 21.3. The lowest BCUT2D eigenvalue weighted by Gasteiger charge is -2.36. The highest BCUT2D eigenvalue weighted by molar-refractivity contribution is 5.92. The minimum Gasteiger partial charge on any atom is -0.306 e. The van der Waals surface area contributed by atoms with Gasteiger partial charge in [0.05, 0.1) is 0 Å². The Labute approximate surface area is 176 Å². The minimum absolute atomic E-state index is 0.00661. The van der Waals surface area contributed by atoms with Crippen LogP contribution in [0, 0.1) is 19.3 Å². The number of likely N-dealkylation sites (tertiary alicyclic amines) is 1. The largest absolute Gasteiger partial charge is 0.306 e. The van der Waals surface area contributed by atoms with Gasteiger partial charge in [0, 0.05) is 36.2 Å². The summed E-state index contributed by atoms with van der Waals surface area (Å²) in [6, 6.07) is 6.15. The summed E-state index contributed by atoms with van der Waals surface area (Å²) in [5.41, 5.74) is 5.95. The Kier molecular flexibility index (Phi) is 5.42. The van der Waals surface area contributed by atoms with Gasteiger partial charge in [0.1, 0.15) is 6.33 Å². The van der Waals surface area contributed by atoms with Crippen molar-refractivity contribution in [2.75, 3.05) is 26.7 Å². The number of amides is 2. The lowest BCUT2D eigenvalue weighted by atomic mass is 9.78. The first-order valence-electron chi connectivity index (χ1n) is 10.3. The summed E-state index contributed by atoms with van der Waals surface area (Å²) < 4.78 is 1.50. The first-order valence-corrected chi connectivity index (χ1v) is 10.3. The molecule has 158 valence electrons. The SMILES string of the molecule is Cc1cc(C)cc(-c2ncn(/C=C\C(=O)NN3CC4(CCN(C)CC4)CC3=O)n2)c1. The molecule has 1 N–H and O–H groups in total. The van der Waals surface area contributed by atoms with Gasteiger partial charge in [-0.15, -0.1) is 5.10 Å². The van der Waals surface area contributed by atoms with Crippen LogP contribution in [0.2, 0.25) is 0 Å². The fourth-order valence-corrected chi connectivity index (χ4v) is 4.32. The van der Waals surface area contributed by atoms with E-state index in [1.54, 1.807) is 12.5 Å². The number of hydrazine groups is 1. The third kappa shape index (κ3) is 4.43. The van der Waals surface area contributed by atoms with Crippen molar-refractivity contribution in [1.82, 2.24) is 30.1 Å². The van der Waals surface area contributed by atoms with Crippen LogP contribution in [0.15, 0.2) is 30.6 Å². The summed E-state index contributed by atoms with van der Waals surface area (Å²) in [7, 11) is 2.10. The van der Waals surface area contributed by atoms with E-state index in [-0.39, 0.29) is 17.2 Å². The number of piperidine rings is 1. The van der Waals surface area contributed by atoms with Crippen molar-refractivity contribution in [3.05, 3.63) is 41.7 Å². The fraction of sp³-hybridized carbons (Fsp3) is 0.455. The Balaban J connectivity index is 1.36. The minimum atomic E-state index is -0.350. The lowest BCUT2D eigenvalue weighted by molar-refractivity contribution is -0.136. The van der Waals surface area contributed by atoms with Crippen LogP contribution in [0.4, 0.5) is 0 Å². The molecule has 2 saturated heterocycles. The maximum absolute atomic E-state index is 12.4. The van der Waals surface area contributed by atoms with Crippen LogP contribution in [0.1, 0.15) is 30.4 Å². The molecule has 0 atom stereocenters. The van der Waals surface area contributed by atoms with Crippen LogP contribution in [0.5, 0.6) is 0 Å². The normalized spacial score (nSPS) is 19.2. The van der Waals surface area contributed by atoms with Gasteiger partial charge >= 0.3 is 0 Å². The van der Waals surface area contributed by atoms with Crippen molar-refractivity contribution in [3.63, 3.8) is 0 Å². The first-order chi connectivity index (χ1) is 14.3. The zero-order valence-electron chi connectivity index (χ0n) is 17.8. The van der Waals surface area contributed by atoms with Gasteiger partial charge in [-0.05, 0) is 59.0 Å². The van der Waals surface area contributed by atoms with Crippen LogP contribution in [-0.4, -0.2) is 63.2 Å². The summed E-state index contributed by atoms with van der Waals surface area (Å²) in [4.78, 5) is 31.4. The molecule has 2 amide bonds. The summed E-state index contributed by atoms with van der Waals surface area (Å²) in [6.45, 7) is 6.63. The second-order valence-corrected chi connectivity index (χ2v) is 8.68. The highest BCUT2D eigenvalue weighted by atomic mass is 16.2. The molecule has 8 heteroatoms. The van der Waals surface area contributed by atoms with E-state index in [9.17, 15) is 9.59 Å². The molecule has 2 aromatic rings. The van der Waals surface area contributed by atoms with Gasteiger partial charge in [0.15, 0.2) is 5.82 Å². The molecule has 0 unspecified atom stereocenters. The Bertz CT molecular complexity index is 967. The third-order valence-corrected chi connectivity index (χ3v) is 5.98. The van der Waals surface area contributed by atoms with Crippen molar-refractivity contribution >= 4 is 18.0 Å². The summed E-state index contributed by atoms with van der Waals surface area (Å²) in [6.07, 6.45) is 6.95. The van der Waals surface area contributed by atoms with E-state index in [0.29, 0.717) is 18.8 Å².